The fraction of sp³-hybridized carbons (Fsp3) is 0.700. The second kappa shape index (κ2) is 4.38. The molecule has 11 heavy (non-hydrogen) atoms. The Morgan fingerprint density at radius 1 is 1.64 bits per heavy atom. The van der Waals surface area contributed by atoms with Gasteiger partial charge in [0.1, 0.15) is 0 Å². The van der Waals surface area contributed by atoms with E-state index in [2.05, 4.69) is 12.3 Å². The molecule has 0 amide bonds. The molecule has 0 spiro atoms. The summed E-state index contributed by atoms with van der Waals surface area (Å²) in [6.07, 6.45) is 5.76. The van der Waals surface area contributed by atoms with Crippen LogP contribution in [0.3, 0.4) is 0 Å². The molecule has 0 radical (unpaired) electrons. The second-order valence-electron chi connectivity index (χ2n) is 3.25. The first kappa shape index (κ1) is 8.58. The summed E-state index contributed by atoms with van der Waals surface area (Å²) in [7, 11) is 0. The van der Waals surface area contributed by atoms with Crippen molar-refractivity contribution in [2.24, 2.45) is 5.92 Å². The van der Waals surface area contributed by atoms with Crippen LogP contribution < -0.4 is 0 Å². The Balaban J connectivity index is 2.39. The molecule has 0 aromatic carbocycles. The van der Waals surface area contributed by atoms with Crippen molar-refractivity contribution < 1.29 is 5.11 Å². The summed E-state index contributed by atoms with van der Waals surface area (Å²) >= 11 is 0. The third-order valence-electron chi connectivity index (χ3n) is 2.41. The molecule has 62 valence electrons. The third kappa shape index (κ3) is 2.53. The van der Waals surface area contributed by atoms with Crippen molar-refractivity contribution in [1.29, 1.82) is 0 Å². The van der Waals surface area contributed by atoms with E-state index in [1.54, 1.807) is 0 Å². The minimum absolute atomic E-state index is 0.328. The SMILES string of the molecule is C=C=C1CCCC(CCO)C1. The van der Waals surface area contributed by atoms with Crippen LogP contribution in [0.4, 0.5) is 0 Å². The van der Waals surface area contributed by atoms with E-state index in [0.717, 1.165) is 12.8 Å². The summed E-state index contributed by atoms with van der Waals surface area (Å²) in [5.74, 6) is 0.693. The Kier molecular flexibility index (Phi) is 3.41. The standard InChI is InChI=1S/C10H16O/c1-2-9-4-3-5-10(8-9)6-7-11/h10-11H,1,3-8H2. The summed E-state index contributed by atoms with van der Waals surface area (Å²) in [5, 5.41) is 8.73. The van der Waals surface area contributed by atoms with Crippen molar-refractivity contribution in [3.63, 3.8) is 0 Å². The average molecular weight is 152 g/mol. The van der Waals surface area contributed by atoms with Gasteiger partial charge in [0.2, 0.25) is 0 Å². The van der Waals surface area contributed by atoms with Crippen LogP contribution in [0.1, 0.15) is 32.1 Å². The van der Waals surface area contributed by atoms with E-state index in [1.165, 1.54) is 24.8 Å². The van der Waals surface area contributed by atoms with Gasteiger partial charge in [0.15, 0.2) is 0 Å². The molecule has 1 saturated carbocycles. The van der Waals surface area contributed by atoms with Gasteiger partial charge in [-0.3, -0.25) is 0 Å². The van der Waals surface area contributed by atoms with Crippen LogP contribution in [-0.4, -0.2) is 11.7 Å². The highest BCUT2D eigenvalue weighted by atomic mass is 16.3. The minimum atomic E-state index is 0.328. The quantitative estimate of drug-likeness (QED) is 0.602. The highest BCUT2D eigenvalue weighted by molar-refractivity contribution is 5.03. The first-order chi connectivity index (χ1) is 5.36. The molecule has 0 heterocycles. The third-order valence-corrected chi connectivity index (χ3v) is 2.41. The van der Waals surface area contributed by atoms with Gasteiger partial charge in [0.05, 0.1) is 0 Å². The van der Waals surface area contributed by atoms with E-state index in [9.17, 15) is 0 Å². The maximum atomic E-state index is 8.73. The van der Waals surface area contributed by atoms with Gasteiger partial charge in [-0.15, -0.1) is 5.73 Å². The van der Waals surface area contributed by atoms with Crippen molar-refractivity contribution >= 4 is 0 Å². The zero-order chi connectivity index (χ0) is 8.10. The molecule has 0 saturated heterocycles. The lowest BCUT2D eigenvalue weighted by molar-refractivity contribution is 0.243. The molecule has 1 fully saturated rings. The van der Waals surface area contributed by atoms with Gasteiger partial charge in [-0.25, -0.2) is 0 Å². The van der Waals surface area contributed by atoms with E-state index >= 15 is 0 Å². The van der Waals surface area contributed by atoms with E-state index in [1.807, 2.05) is 0 Å². The van der Waals surface area contributed by atoms with Crippen LogP contribution >= 0.6 is 0 Å². The van der Waals surface area contributed by atoms with Crippen LogP contribution in [0.15, 0.2) is 17.9 Å². The number of hydrogen-bond acceptors (Lipinski definition) is 1. The lowest BCUT2D eigenvalue weighted by Crippen LogP contribution is -2.09. The smallest absolute Gasteiger partial charge is 0.0433 e. The predicted molar refractivity (Wildman–Crippen MR) is 46.3 cm³/mol. The summed E-state index contributed by atoms with van der Waals surface area (Å²) in [6.45, 7) is 3.98. The van der Waals surface area contributed by atoms with Crippen LogP contribution in [0.5, 0.6) is 0 Å². The van der Waals surface area contributed by atoms with Gasteiger partial charge in [-0.05, 0) is 43.6 Å². The van der Waals surface area contributed by atoms with Gasteiger partial charge in [-0.2, -0.15) is 0 Å². The summed E-state index contributed by atoms with van der Waals surface area (Å²) < 4.78 is 0. The van der Waals surface area contributed by atoms with Crippen molar-refractivity contribution in [2.45, 2.75) is 32.1 Å². The molecule has 1 nitrogen and oxygen atoms in total. The summed E-state index contributed by atoms with van der Waals surface area (Å²) in [5.41, 5.74) is 4.33. The van der Waals surface area contributed by atoms with Gasteiger partial charge >= 0.3 is 0 Å². The molecule has 1 N–H and O–H groups in total. The van der Waals surface area contributed by atoms with Crippen LogP contribution in [0.25, 0.3) is 0 Å². The number of aliphatic hydroxyl groups is 1. The molecule has 0 aromatic heterocycles. The molecule has 1 aliphatic carbocycles. The van der Waals surface area contributed by atoms with E-state index in [0.29, 0.717) is 12.5 Å². The lowest BCUT2D eigenvalue weighted by atomic mass is 9.84. The molecule has 1 rings (SSSR count). The van der Waals surface area contributed by atoms with Crippen molar-refractivity contribution in [2.75, 3.05) is 6.61 Å². The Hall–Kier alpha value is -0.520. The lowest BCUT2D eigenvalue weighted by Gasteiger charge is -2.21. The molecule has 0 aliphatic heterocycles. The molecular formula is C10H16O. The number of hydrogen-bond donors (Lipinski definition) is 1. The highest BCUT2D eigenvalue weighted by Crippen LogP contribution is 2.29. The van der Waals surface area contributed by atoms with Gasteiger partial charge in [-0.1, -0.05) is 6.58 Å². The maximum absolute atomic E-state index is 8.73. The molecular weight excluding hydrogens is 136 g/mol. The first-order valence-corrected chi connectivity index (χ1v) is 4.35. The maximum Gasteiger partial charge on any atom is 0.0433 e. The Morgan fingerprint density at radius 2 is 2.45 bits per heavy atom. The summed E-state index contributed by atoms with van der Waals surface area (Å²) in [6, 6.07) is 0. The molecule has 1 heteroatoms. The van der Waals surface area contributed by atoms with E-state index in [4.69, 9.17) is 5.11 Å². The zero-order valence-electron chi connectivity index (χ0n) is 6.97. The largest absolute Gasteiger partial charge is 0.396 e. The van der Waals surface area contributed by atoms with Crippen LogP contribution in [0, 0.1) is 5.92 Å². The predicted octanol–water partition coefficient (Wildman–Crippen LogP) is 2.27. The Bertz CT molecular complexity index is 164. The zero-order valence-corrected chi connectivity index (χ0v) is 6.97. The minimum Gasteiger partial charge on any atom is -0.396 e. The van der Waals surface area contributed by atoms with Gasteiger partial charge in [0, 0.05) is 6.61 Å². The fourth-order valence-corrected chi connectivity index (χ4v) is 1.75. The van der Waals surface area contributed by atoms with E-state index < -0.39 is 0 Å². The first-order valence-electron chi connectivity index (χ1n) is 4.35. The van der Waals surface area contributed by atoms with Gasteiger partial charge < -0.3 is 5.11 Å². The van der Waals surface area contributed by atoms with Gasteiger partial charge in [0.25, 0.3) is 0 Å². The number of rotatable bonds is 2. The molecule has 1 unspecified atom stereocenters. The van der Waals surface area contributed by atoms with Crippen molar-refractivity contribution in [3.05, 3.63) is 17.9 Å². The second-order valence-corrected chi connectivity index (χ2v) is 3.25. The average Bonchev–Trinajstić information content (AvgIpc) is 2.06. The topological polar surface area (TPSA) is 20.2 Å². The van der Waals surface area contributed by atoms with Crippen molar-refractivity contribution in [3.8, 4) is 0 Å². The monoisotopic (exact) mass is 152 g/mol. The van der Waals surface area contributed by atoms with Crippen molar-refractivity contribution in [1.82, 2.24) is 0 Å². The molecule has 1 aliphatic rings. The fourth-order valence-electron chi connectivity index (χ4n) is 1.75. The number of allylic oxidation sites excluding steroid dienone is 1. The Labute approximate surface area is 68.4 Å². The van der Waals surface area contributed by atoms with Crippen LogP contribution in [-0.2, 0) is 0 Å². The number of aliphatic hydroxyl groups excluding tert-OH is 1. The molecule has 0 aromatic rings. The van der Waals surface area contributed by atoms with Crippen LogP contribution in [0.2, 0.25) is 0 Å². The Morgan fingerprint density at radius 3 is 3.09 bits per heavy atom. The highest BCUT2D eigenvalue weighted by Gasteiger charge is 2.15. The summed E-state index contributed by atoms with van der Waals surface area (Å²) in [4.78, 5) is 0. The van der Waals surface area contributed by atoms with E-state index in [-0.39, 0.29) is 0 Å². The molecule has 0 bridgehead atoms. The normalized spacial score (nSPS) is 24.8. The molecule has 1 atom stereocenters.